The van der Waals surface area contributed by atoms with Crippen LogP contribution in [0.3, 0.4) is 0 Å². The summed E-state index contributed by atoms with van der Waals surface area (Å²) in [5.41, 5.74) is 10.3. The molecule has 0 aromatic carbocycles. The van der Waals surface area contributed by atoms with E-state index in [9.17, 15) is 0 Å². The second-order valence-electron chi connectivity index (χ2n) is 3.42. The lowest BCUT2D eigenvalue weighted by atomic mass is 10.6. The zero-order valence-corrected chi connectivity index (χ0v) is 13.5. The lowest BCUT2D eigenvalue weighted by Crippen LogP contribution is -2.42. The first-order valence-electron chi connectivity index (χ1n) is 5.98. The second-order valence-corrected chi connectivity index (χ2v) is 6.88. The SMILES string of the molecule is CO[Si](CCCCl)(OC)OC.NCCNCCN. The molecule has 0 rings (SSSR count). The summed E-state index contributed by atoms with van der Waals surface area (Å²) in [6, 6.07) is 0.778. The van der Waals surface area contributed by atoms with Gasteiger partial charge in [-0.1, -0.05) is 0 Å². The maximum absolute atomic E-state index is 5.53. The number of halogens is 1. The largest absolute Gasteiger partial charge is 0.500 e. The molecule has 0 saturated heterocycles. The normalized spacial score (nSPS) is 11.0. The van der Waals surface area contributed by atoms with Crippen LogP contribution in [0, 0.1) is 0 Å². The molecule has 0 aromatic heterocycles. The first-order chi connectivity index (χ1) is 8.66. The van der Waals surface area contributed by atoms with Gasteiger partial charge in [0, 0.05) is 59.4 Å². The van der Waals surface area contributed by atoms with Crippen LogP contribution in [0.5, 0.6) is 0 Å². The molecule has 0 aliphatic heterocycles. The molecule has 0 aliphatic carbocycles. The molecule has 18 heavy (non-hydrogen) atoms. The summed E-state index contributed by atoms with van der Waals surface area (Å²) >= 11 is 5.53. The Morgan fingerprint density at radius 1 is 1.00 bits per heavy atom. The molecule has 0 heterocycles. The van der Waals surface area contributed by atoms with Gasteiger partial charge in [0.25, 0.3) is 0 Å². The molecule has 0 unspecified atom stereocenters. The van der Waals surface area contributed by atoms with E-state index in [0.717, 1.165) is 25.6 Å². The predicted octanol–water partition coefficient (Wildman–Crippen LogP) is -0.0132. The van der Waals surface area contributed by atoms with E-state index in [4.69, 9.17) is 36.3 Å². The summed E-state index contributed by atoms with van der Waals surface area (Å²) in [6.45, 7) is 3.13. The number of hydrogen-bond acceptors (Lipinski definition) is 6. The van der Waals surface area contributed by atoms with Gasteiger partial charge in [-0.25, -0.2) is 0 Å². The zero-order valence-electron chi connectivity index (χ0n) is 11.7. The van der Waals surface area contributed by atoms with Crippen molar-refractivity contribution < 1.29 is 13.3 Å². The lowest BCUT2D eigenvalue weighted by molar-refractivity contribution is 0.123. The van der Waals surface area contributed by atoms with Crippen molar-refractivity contribution in [2.24, 2.45) is 11.5 Å². The standard InChI is InChI=1S/C6H15ClO3Si.C4H13N3/c1-8-11(9-2,10-3)6-4-5-7;5-1-3-7-4-2-6/h4-6H2,1-3H3;7H,1-6H2. The Labute approximate surface area is 117 Å². The molecule has 5 N–H and O–H groups in total. The van der Waals surface area contributed by atoms with Crippen LogP contribution in [0.1, 0.15) is 6.42 Å². The van der Waals surface area contributed by atoms with Gasteiger partial charge in [-0.3, -0.25) is 0 Å². The van der Waals surface area contributed by atoms with Gasteiger partial charge >= 0.3 is 8.80 Å². The van der Waals surface area contributed by atoms with Crippen molar-refractivity contribution in [2.45, 2.75) is 12.5 Å². The van der Waals surface area contributed by atoms with Gasteiger partial charge in [0.15, 0.2) is 0 Å². The highest BCUT2D eigenvalue weighted by Crippen LogP contribution is 2.14. The Kier molecular flexibility index (Phi) is 17.5. The number of nitrogens with one attached hydrogen (secondary N) is 1. The Morgan fingerprint density at radius 2 is 1.44 bits per heavy atom. The summed E-state index contributed by atoms with van der Waals surface area (Å²) in [4.78, 5) is 0. The van der Waals surface area contributed by atoms with E-state index >= 15 is 0 Å². The van der Waals surface area contributed by atoms with Crippen molar-refractivity contribution in [1.29, 1.82) is 0 Å². The smallest absolute Gasteiger partial charge is 0.377 e. The second kappa shape index (κ2) is 15.3. The number of rotatable bonds is 10. The summed E-state index contributed by atoms with van der Waals surface area (Å²) in [7, 11) is 2.49. The van der Waals surface area contributed by atoms with E-state index in [-0.39, 0.29) is 0 Å². The lowest BCUT2D eigenvalue weighted by Gasteiger charge is -2.23. The van der Waals surface area contributed by atoms with Crippen molar-refractivity contribution in [3.63, 3.8) is 0 Å². The quantitative estimate of drug-likeness (QED) is 0.299. The molecule has 6 nitrogen and oxygen atoms in total. The summed E-state index contributed by atoms with van der Waals surface area (Å²) in [5.74, 6) is 0.616. The molecule has 0 saturated carbocycles. The molecule has 8 heteroatoms. The third-order valence-electron chi connectivity index (χ3n) is 2.19. The van der Waals surface area contributed by atoms with Crippen LogP contribution in [0.4, 0.5) is 0 Å². The monoisotopic (exact) mass is 301 g/mol. The molecular weight excluding hydrogens is 274 g/mol. The third-order valence-corrected chi connectivity index (χ3v) is 5.29. The average Bonchev–Trinajstić information content (AvgIpc) is 2.42. The summed E-state index contributed by atoms with van der Waals surface area (Å²) < 4.78 is 15.5. The molecule has 0 amide bonds. The molecule has 0 radical (unpaired) electrons. The highest BCUT2D eigenvalue weighted by molar-refractivity contribution is 6.60. The molecule has 0 aromatic rings. The van der Waals surface area contributed by atoms with Gasteiger partial charge in [-0.15, -0.1) is 11.6 Å². The van der Waals surface area contributed by atoms with E-state index < -0.39 is 8.80 Å². The fraction of sp³-hybridized carbons (Fsp3) is 1.00. The minimum absolute atomic E-state index is 0.616. The fourth-order valence-corrected chi connectivity index (χ4v) is 3.25. The molecule has 0 fully saturated rings. The van der Waals surface area contributed by atoms with Gasteiger partial charge in [0.1, 0.15) is 0 Å². The van der Waals surface area contributed by atoms with Crippen molar-refractivity contribution in [3.05, 3.63) is 0 Å². The van der Waals surface area contributed by atoms with Gasteiger partial charge in [0.05, 0.1) is 0 Å². The van der Waals surface area contributed by atoms with Crippen molar-refractivity contribution >= 4 is 20.4 Å². The van der Waals surface area contributed by atoms with Gasteiger partial charge in [0.2, 0.25) is 0 Å². The van der Waals surface area contributed by atoms with Gasteiger partial charge in [-0.05, 0) is 6.42 Å². The Balaban J connectivity index is 0. The van der Waals surface area contributed by atoms with E-state index in [0.29, 0.717) is 19.0 Å². The maximum atomic E-state index is 5.53. The third kappa shape index (κ3) is 11.4. The topological polar surface area (TPSA) is 91.8 Å². The number of hydrogen-bond donors (Lipinski definition) is 3. The van der Waals surface area contributed by atoms with Crippen LogP contribution in [-0.4, -0.2) is 62.2 Å². The first kappa shape index (κ1) is 20.6. The van der Waals surface area contributed by atoms with Gasteiger partial charge in [-0.2, -0.15) is 0 Å². The van der Waals surface area contributed by atoms with Crippen LogP contribution in [0.2, 0.25) is 6.04 Å². The predicted molar refractivity (Wildman–Crippen MR) is 77.9 cm³/mol. The van der Waals surface area contributed by atoms with E-state index in [1.165, 1.54) is 0 Å². The minimum Gasteiger partial charge on any atom is -0.377 e. The van der Waals surface area contributed by atoms with Crippen LogP contribution >= 0.6 is 11.6 Å². The van der Waals surface area contributed by atoms with Crippen molar-refractivity contribution in [3.8, 4) is 0 Å². The number of alkyl halides is 1. The summed E-state index contributed by atoms with van der Waals surface area (Å²) in [6.07, 6.45) is 0.864. The Bertz CT molecular complexity index is 153. The van der Waals surface area contributed by atoms with Crippen molar-refractivity contribution in [2.75, 3.05) is 53.4 Å². The van der Waals surface area contributed by atoms with Crippen LogP contribution in [0.25, 0.3) is 0 Å². The van der Waals surface area contributed by atoms with Crippen LogP contribution < -0.4 is 16.8 Å². The fourth-order valence-electron chi connectivity index (χ4n) is 1.17. The molecule has 0 aliphatic rings. The maximum Gasteiger partial charge on any atom is 0.500 e. The van der Waals surface area contributed by atoms with E-state index in [1.54, 1.807) is 21.3 Å². The molecule has 0 bridgehead atoms. The molecule has 0 spiro atoms. The molecule has 112 valence electrons. The van der Waals surface area contributed by atoms with Crippen LogP contribution in [0.15, 0.2) is 0 Å². The molecule has 0 atom stereocenters. The Morgan fingerprint density at radius 3 is 1.72 bits per heavy atom. The zero-order chi connectivity index (χ0) is 14.3. The van der Waals surface area contributed by atoms with E-state index in [2.05, 4.69) is 5.32 Å². The van der Waals surface area contributed by atoms with E-state index in [1.807, 2.05) is 0 Å². The van der Waals surface area contributed by atoms with Crippen molar-refractivity contribution in [1.82, 2.24) is 5.32 Å². The Hall–Kier alpha value is 0.267. The highest BCUT2D eigenvalue weighted by Gasteiger charge is 2.36. The molecular formula is C10H28ClN3O3Si. The van der Waals surface area contributed by atoms with Gasteiger partial charge < -0.3 is 30.1 Å². The summed E-state index contributed by atoms with van der Waals surface area (Å²) in [5, 5.41) is 3.03. The average molecular weight is 302 g/mol. The minimum atomic E-state index is -2.32. The number of nitrogens with two attached hydrogens (primary N) is 2. The van der Waals surface area contributed by atoms with Crippen LogP contribution in [-0.2, 0) is 13.3 Å². The first-order valence-corrected chi connectivity index (χ1v) is 8.45. The highest BCUT2D eigenvalue weighted by atomic mass is 35.5.